The predicted octanol–water partition coefficient (Wildman–Crippen LogP) is 3.73. The third-order valence-corrected chi connectivity index (χ3v) is 3.68. The molecule has 0 aliphatic rings. The number of ether oxygens (including phenoxy) is 1. The van der Waals surface area contributed by atoms with Crippen molar-refractivity contribution >= 4 is 22.5 Å². The number of rotatable bonds is 4. The Bertz CT molecular complexity index is 757. The summed E-state index contributed by atoms with van der Waals surface area (Å²) in [5.74, 6) is 0.779. The van der Waals surface area contributed by atoms with Crippen molar-refractivity contribution < 1.29 is 9.53 Å². The molecule has 0 aliphatic heterocycles. The Morgan fingerprint density at radius 3 is 2.50 bits per heavy atom. The number of nitrogens with zero attached hydrogens (tertiary/aromatic N) is 1. The molecule has 0 saturated carbocycles. The molecule has 4 heteroatoms. The lowest BCUT2D eigenvalue weighted by Gasteiger charge is -2.20. The van der Waals surface area contributed by atoms with Gasteiger partial charge in [-0.2, -0.15) is 0 Å². The Labute approximate surface area is 129 Å². The summed E-state index contributed by atoms with van der Waals surface area (Å²) in [5.41, 5.74) is 2.94. The third-order valence-electron chi connectivity index (χ3n) is 3.68. The van der Waals surface area contributed by atoms with E-state index in [0.717, 1.165) is 28.0 Å². The number of amides is 1. The van der Waals surface area contributed by atoms with Gasteiger partial charge in [-0.15, -0.1) is 0 Å². The van der Waals surface area contributed by atoms with Crippen LogP contribution >= 0.6 is 0 Å². The monoisotopic (exact) mass is 294 g/mol. The number of nitrogens with one attached hydrogen (secondary N) is 1. The number of aromatic nitrogens is 1. The first-order chi connectivity index (χ1) is 10.7. The number of anilines is 1. The van der Waals surface area contributed by atoms with Gasteiger partial charge in [0.25, 0.3) is 0 Å². The van der Waals surface area contributed by atoms with Crippen LogP contribution in [-0.2, 0) is 11.3 Å². The molecule has 1 amide bonds. The summed E-state index contributed by atoms with van der Waals surface area (Å²) in [6.07, 6.45) is 0. The lowest BCUT2D eigenvalue weighted by molar-refractivity contribution is -0.116. The Morgan fingerprint density at radius 1 is 1.14 bits per heavy atom. The summed E-state index contributed by atoms with van der Waals surface area (Å²) in [6.45, 7) is 2.09. The molecule has 0 unspecified atom stereocenters. The molecule has 1 heterocycles. The lowest BCUT2D eigenvalue weighted by Crippen LogP contribution is -2.27. The van der Waals surface area contributed by atoms with Crippen molar-refractivity contribution in [3.63, 3.8) is 0 Å². The molecule has 0 bridgehead atoms. The molecule has 0 atom stereocenters. The van der Waals surface area contributed by atoms with Gasteiger partial charge in [0.1, 0.15) is 5.75 Å². The maximum atomic E-state index is 12.0. The first kappa shape index (κ1) is 14.2. The van der Waals surface area contributed by atoms with E-state index < -0.39 is 0 Å². The average molecular weight is 294 g/mol. The summed E-state index contributed by atoms with van der Waals surface area (Å²) in [6, 6.07) is 17.7. The number of carbonyl (C=O) groups is 1. The van der Waals surface area contributed by atoms with Crippen LogP contribution in [0.4, 0.5) is 5.69 Å². The van der Waals surface area contributed by atoms with Crippen LogP contribution in [0.5, 0.6) is 5.75 Å². The summed E-state index contributed by atoms with van der Waals surface area (Å²) in [7, 11) is 1.63. The summed E-state index contributed by atoms with van der Waals surface area (Å²) >= 11 is 0. The van der Waals surface area contributed by atoms with E-state index in [1.54, 1.807) is 18.9 Å². The van der Waals surface area contributed by atoms with E-state index in [1.807, 2.05) is 42.5 Å². The van der Waals surface area contributed by atoms with Crippen LogP contribution in [-0.4, -0.2) is 18.0 Å². The molecule has 0 saturated heterocycles. The molecule has 22 heavy (non-hydrogen) atoms. The predicted molar refractivity (Wildman–Crippen MR) is 88.2 cm³/mol. The maximum absolute atomic E-state index is 12.0. The summed E-state index contributed by atoms with van der Waals surface area (Å²) in [4.78, 5) is 17.1. The van der Waals surface area contributed by atoms with Gasteiger partial charge in [0.15, 0.2) is 0 Å². The Kier molecular flexibility index (Phi) is 3.83. The van der Waals surface area contributed by atoms with E-state index in [-0.39, 0.29) is 5.91 Å². The Balaban J connectivity index is 1.88. The number of fused-ring (bicyclic) bond motifs is 1. The molecule has 3 aromatic rings. The quantitative estimate of drug-likeness (QED) is 0.797. The number of carbonyl (C=O) groups excluding carboxylic acids is 1. The maximum Gasteiger partial charge on any atom is 0.224 e. The van der Waals surface area contributed by atoms with Gasteiger partial charge < -0.3 is 14.6 Å². The van der Waals surface area contributed by atoms with Gasteiger partial charge in [-0.05, 0) is 41.8 Å². The number of H-pyrrole nitrogens is 1. The van der Waals surface area contributed by atoms with E-state index >= 15 is 0 Å². The largest absolute Gasteiger partial charge is 0.497 e. The van der Waals surface area contributed by atoms with Crippen molar-refractivity contribution in [2.24, 2.45) is 0 Å². The molecule has 0 radical (unpaired) electrons. The molecule has 112 valence electrons. The van der Waals surface area contributed by atoms with Crippen molar-refractivity contribution in [3.8, 4) is 5.75 Å². The molecule has 0 aliphatic carbocycles. The minimum Gasteiger partial charge on any atom is -0.497 e. The number of hydrogen-bond donors (Lipinski definition) is 1. The van der Waals surface area contributed by atoms with E-state index in [2.05, 4.69) is 17.1 Å². The molecule has 3 rings (SSSR count). The molecule has 1 aromatic heterocycles. The van der Waals surface area contributed by atoms with Gasteiger partial charge in [0.05, 0.1) is 13.7 Å². The van der Waals surface area contributed by atoms with E-state index in [1.165, 1.54) is 0 Å². The minimum atomic E-state index is 0.00354. The van der Waals surface area contributed by atoms with Gasteiger partial charge in [-0.25, -0.2) is 0 Å². The third kappa shape index (κ3) is 2.81. The zero-order valence-electron chi connectivity index (χ0n) is 12.7. The molecule has 4 nitrogen and oxygen atoms in total. The van der Waals surface area contributed by atoms with Crippen LogP contribution in [0.1, 0.15) is 12.6 Å². The Morgan fingerprint density at radius 2 is 1.86 bits per heavy atom. The zero-order chi connectivity index (χ0) is 15.5. The standard InChI is InChI=1S/C18H18N2O2/c1-13(21)20(16-7-9-17(22-2)10-8-16)12-15-11-14-5-3-4-6-18(14)19-15/h3-11,19H,12H2,1-2H3. The van der Waals surface area contributed by atoms with Crippen molar-refractivity contribution in [1.82, 2.24) is 4.98 Å². The topological polar surface area (TPSA) is 45.3 Å². The highest BCUT2D eigenvalue weighted by molar-refractivity contribution is 5.91. The Hall–Kier alpha value is -2.75. The van der Waals surface area contributed by atoms with E-state index in [0.29, 0.717) is 6.54 Å². The second-order valence-corrected chi connectivity index (χ2v) is 5.19. The van der Waals surface area contributed by atoms with Crippen molar-refractivity contribution in [2.75, 3.05) is 12.0 Å². The van der Waals surface area contributed by atoms with E-state index in [9.17, 15) is 4.79 Å². The molecule has 0 fully saturated rings. The van der Waals surface area contributed by atoms with Gasteiger partial charge >= 0.3 is 0 Å². The lowest BCUT2D eigenvalue weighted by atomic mass is 10.2. The highest BCUT2D eigenvalue weighted by atomic mass is 16.5. The number of hydrogen-bond acceptors (Lipinski definition) is 2. The fourth-order valence-corrected chi connectivity index (χ4v) is 2.54. The zero-order valence-corrected chi connectivity index (χ0v) is 12.7. The van der Waals surface area contributed by atoms with Crippen molar-refractivity contribution in [1.29, 1.82) is 0 Å². The van der Waals surface area contributed by atoms with Crippen LogP contribution in [0.25, 0.3) is 10.9 Å². The fourth-order valence-electron chi connectivity index (χ4n) is 2.54. The van der Waals surface area contributed by atoms with E-state index in [4.69, 9.17) is 4.74 Å². The highest BCUT2D eigenvalue weighted by Gasteiger charge is 2.13. The van der Waals surface area contributed by atoms with Crippen molar-refractivity contribution in [2.45, 2.75) is 13.5 Å². The minimum absolute atomic E-state index is 0.00354. The molecule has 1 N–H and O–H groups in total. The molecule has 2 aromatic carbocycles. The highest BCUT2D eigenvalue weighted by Crippen LogP contribution is 2.22. The number of benzene rings is 2. The molecular formula is C18H18N2O2. The first-order valence-electron chi connectivity index (χ1n) is 7.16. The van der Waals surface area contributed by atoms with Crippen LogP contribution in [0.2, 0.25) is 0 Å². The van der Waals surface area contributed by atoms with Gasteiger partial charge in [0, 0.05) is 23.8 Å². The smallest absolute Gasteiger partial charge is 0.224 e. The average Bonchev–Trinajstić information content (AvgIpc) is 2.95. The normalized spacial score (nSPS) is 10.6. The summed E-state index contributed by atoms with van der Waals surface area (Å²) < 4.78 is 5.16. The second-order valence-electron chi connectivity index (χ2n) is 5.19. The van der Waals surface area contributed by atoms with Gasteiger partial charge in [0.2, 0.25) is 5.91 Å². The number of aromatic amines is 1. The van der Waals surface area contributed by atoms with Crippen molar-refractivity contribution in [3.05, 3.63) is 60.3 Å². The van der Waals surface area contributed by atoms with Crippen LogP contribution in [0.3, 0.4) is 0 Å². The number of methoxy groups -OCH3 is 1. The van der Waals surface area contributed by atoms with Gasteiger partial charge in [-0.3, -0.25) is 4.79 Å². The molecule has 0 spiro atoms. The SMILES string of the molecule is COc1ccc(N(Cc2cc3ccccc3[nH]2)C(C)=O)cc1. The molecular weight excluding hydrogens is 276 g/mol. The van der Waals surface area contributed by atoms with Crippen LogP contribution in [0.15, 0.2) is 54.6 Å². The fraction of sp³-hybridized carbons (Fsp3) is 0.167. The first-order valence-corrected chi connectivity index (χ1v) is 7.16. The van der Waals surface area contributed by atoms with Gasteiger partial charge in [-0.1, -0.05) is 18.2 Å². The number of para-hydroxylation sites is 1. The van der Waals surface area contributed by atoms with Crippen LogP contribution < -0.4 is 9.64 Å². The van der Waals surface area contributed by atoms with Crippen LogP contribution in [0, 0.1) is 0 Å². The second kappa shape index (κ2) is 5.93. The summed E-state index contributed by atoms with van der Waals surface area (Å²) in [5, 5.41) is 1.15.